The molecule has 1 rings (SSSR count). The van der Waals surface area contributed by atoms with E-state index in [4.69, 9.17) is 0 Å². The summed E-state index contributed by atoms with van der Waals surface area (Å²) in [7, 11) is 1.70. The van der Waals surface area contributed by atoms with Gasteiger partial charge in [0.15, 0.2) is 0 Å². The lowest BCUT2D eigenvalue weighted by Crippen LogP contribution is -2.34. The number of carbonyl (C=O) groups excluding carboxylic acids is 2. The van der Waals surface area contributed by atoms with Gasteiger partial charge >= 0.3 is 0 Å². The highest BCUT2D eigenvalue weighted by molar-refractivity contribution is 5.92. The predicted molar refractivity (Wildman–Crippen MR) is 76.9 cm³/mol. The summed E-state index contributed by atoms with van der Waals surface area (Å²) in [5, 5.41) is 2.86. The number of anilines is 1. The Morgan fingerprint density at radius 3 is 2.32 bits per heavy atom. The topological polar surface area (TPSA) is 49.4 Å². The number of rotatable bonds is 5. The van der Waals surface area contributed by atoms with E-state index in [1.807, 2.05) is 31.2 Å². The van der Waals surface area contributed by atoms with Crippen LogP contribution in [0.1, 0.15) is 26.3 Å². The lowest BCUT2D eigenvalue weighted by molar-refractivity contribution is -0.129. The van der Waals surface area contributed by atoms with E-state index in [-0.39, 0.29) is 17.7 Å². The second kappa shape index (κ2) is 6.92. The zero-order chi connectivity index (χ0) is 14.4. The Morgan fingerprint density at radius 1 is 1.26 bits per heavy atom. The Morgan fingerprint density at radius 2 is 1.84 bits per heavy atom. The fourth-order valence-electron chi connectivity index (χ4n) is 1.71. The van der Waals surface area contributed by atoms with E-state index in [2.05, 4.69) is 12.2 Å². The average Bonchev–Trinajstić information content (AvgIpc) is 2.39. The largest absolute Gasteiger partial charge is 0.345 e. The van der Waals surface area contributed by atoms with Gasteiger partial charge in [-0.1, -0.05) is 26.0 Å². The summed E-state index contributed by atoms with van der Waals surface area (Å²) in [5.74, 6) is -0.343. The zero-order valence-electron chi connectivity index (χ0n) is 12.1. The fourth-order valence-corrected chi connectivity index (χ4v) is 1.71. The Hall–Kier alpha value is -1.84. The molecule has 0 saturated heterocycles. The first-order valence-electron chi connectivity index (χ1n) is 6.55. The van der Waals surface area contributed by atoms with Crippen LogP contribution in [0.4, 0.5) is 5.69 Å². The SMILES string of the molecule is CCc1ccc(NC(=O)C(C)CN(C)C(C)=O)cc1. The molecule has 0 fully saturated rings. The van der Waals surface area contributed by atoms with Crippen LogP contribution < -0.4 is 5.32 Å². The molecular weight excluding hydrogens is 240 g/mol. The van der Waals surface area contributed by atoms with Crippen molar-refractivity contribution in [1.82, 2.24) is 4.90 Å². The first-order chi connectivity index (χ1) is 8.93. The lowest BCUT2D eigenvalue weighted by atomic mass is 10.1. The van der Waals surface area contributed by atoms with E-state index in [1.165, 1.54) is 12.5 Å². The molecule has 19 heavy (non-hydrogen) atoms. The van der Waals surface area contributed by atoms with E-state index in [0.717, 1.165) is 12.1 Å². The highest BCUT2D eigenvalue weighted by atomic mass is 16.2. The Labute approximate surface area is 114 Å². The molecule has 0 heterocycles. The van der Waals surface area contributed by atoms with Crippen molar-refractivity contribution in [2.24, 2.45) is 5.92 Å². The monoisotopic (exact) mass is 262 g/mol. The summed E-state index contributed by atoms with van der Waals surface area (Å²) in [6.45, 7) is 5.82. The number of aryl methyl sites for hydroxylation is 1. The van der Waals surface area contributed by atoms with E-state index in [0.29, 0.717) is 6.54 Å². The van der Waals surface area contributed by atoms with Gasteiger partial charge in [0.25, 0.3) is 0 Å². The summed E-state index contributed by atoms with van der Waals surface area (Å²) in [6, 6.07) is 7.81. The maximum absolute atomic E-state index is 12.0. The standard InChI is InChI=1S/C15H22N2O2/c1-5-13-6-8-14(9-7-13)16-15(19)11(2)10-17(4)12(3)18/h6-9,11H,5,10H2,1-4H3,(H,16,19). The average molecular weight is 262 g/mol. The van der Waals surface area contributed by atoms with Crippen LogP contribution in [0.25, 0.3) is 0 Å². The molecule has 1 atom stereocenters. The summed E-state index contributed by atoms with van der Waals surface area (Å²) in [5.41, 5.74) is 2.03. The minimum atomic E-state index is -0.236. The number of hydrogen-bond donors (Lipinski definition) is 1. The summed E-state index contributed by atoms with van der Waals surface area (Å²) in [4.78, 5) is 24.6. The van der Waals surface area contributed by atoms with E-state index in [9.17, 15) is 9.59 Å². The number of hydrogen-bond acceptors (Lipinski definition) is 2. The van der Waals surface area contributed by atoms with Crippen LogP contribution in [0.5, 0.6) is 0 Å². The van der Waals surface area contributed by atoms with Gasteiger partial charge in [-0.05, 0) is 24.1 Å². The van der Waals surface area contributed by atoms with Crippen LogP contribution in [0, 0.1) is 5.92 Å². The Kier molecular flexibility index (Phi) is 5.55. The molecule has 1 aromatic rings. The van der Waals surface area contributed by atoms with Gasteiger partial charge in [0.05, 0.1) is 5.92 Å². The molecule has 4 nitrogen and oxygen atoms in total. The molecule has 0 aliphatic heterocycles. The van der Waals surface area contributed by atoms with Crippen LogP contribution in [0.3, 0.4) is 0 Å². The Balaban J connectivity index is 2.55. The number of carbonyl (C=O) groups is 2. The van der Waals surface area contributed by atoms with Gasteiger partial charge in [0, 0.05) is 26.2 Å². The summed E-state index contributed by atoms with van der Waals surface area (Å²) in [6.07, 6.45) is 0.980. The van der Waals surface area contributed by atoms with Crippen molar-refractivity contribution in [3.8, 4) is 0 Å². The van der Waals surface area contributed by atoms with Crippen LogP contribution in [-0.2, 0) is 16.0 Å². The molecule has 0 aliphatic rings. The van der Waals surface area contributed by atoms with Crippen molar-refractivity contribution >= 4 is 17.5 Å². The van der Waals surface area contributed by atoms with Crippen molar-refractivity contribution in [3.05, 3.63) is 29.8 Å². The molecule has 1 unspecified atom stereocenters. The first kappa shape index (κ1) is 15.2. The zero-order valence-corrected chi connectivity index (χ0v) is 12.1. The summed E-state index contributed by atoms with van der Waals surface area (Å²) < 4.78 is 0. The van der Waals surface area contributed by atoms with Crippen LogP contribution in [-0.4, -0.2) is 30.3 Å². The van der Waals surface area contributed by atoms with Gasteiger partial charge < -0.3 is 10.2 Å². The molecule has 1 aromatic carbocycles. The van der Waals surface area contributed by atoms with Gasteiger partial charge in [-0.2, -0.15) is 0 Å². The first-order valence-corrected chi connectivity index (χ1v) is 6.55. The molecule has 1 N–H and O–H groups in total. The molecule has 0 saturated carbocycles. The van der Waals surface area contributed by atoms with Crippen molar-refractivity contribution in [1.29, 1.82) is 0 Å². The minimum Gasteiger partial charge on any atom is -0.345 e. The second-order valence-electron chi connectivity index (χ2n) is 4.84. The van der Waals surface area contributed by atoms with E-state index < -0.39 is 0 Å². The third kappa shape index (κ3) is 4.73. The molecule has 0 bridgehead atoms. The molecule has 4 heteroatoms. The third-order valence-corrected chi connectivity index (χ3v) is 3.16. The quantitative estimate of drug-likeness (QED) is 0.885. The van der Waals surface area contributed by atoms with E-state index >= 15 is 0 Å². The maximum Gasteiger partial charge on any atom is 0.228 e. The van der Waals surface area contributed by atoms with E-state index in [1.54, 1.807) is 11.9 Å². The van der Waals surface area contributed by atoms with Crippen molar-refractivity contribution < 1.29 is 9.59 Å². The van der Waals surface area contributed by atoms with Crippen LogP contribution in [0.15, 0.2) is 24.3 Å². The van der Waals surface area contributed by atoms with Crippen LogP contribution >= 0.6 is 0 Å². The number of nitrogens with zero attached hydrogens (tertiary/aromatic N) is 1. The number of nitrogens with one attached hydrogen (secondary N) is 1. The minimum absolute atomic E-state index is 0.0352. The summed E-state index contributed by atoms with van der Waals surface area (Å²) >= 11 is 0. The van der Waals surface area contributed by atoms with Gasteiger partial charge in [0.2, 0.25) is 11.8 Å². The lowest BCUT2D eigenvalue weighted by Gasteiger charge is -2.19. The van der Waals surface area contributed by atoms with Gasteiger partial charge in [0.1, 0.15) is 0 Å². The normalized spacial score (nSPS) is 11.8. The Bertz CT molecular complexity index is 440. The fraction of sp³-hybridized carbons (Fsp3) is 0.467. The smallest absolute Gasteiger partial charge is 0.228 e. The molecular formula is C15H22N2O2. The molecule has 0 aromatic heterocycles. The third-order valence-electron chi connectivity index (χ3n) is 3.16. The van der Waals surface area contributed by atoms with Gasteiger partial charge in [-0.3, -0.25) is 9.59 Å². The number of benzene rings is 1. The predicted octanol–water partition coefficient (Wildman–Crippen LogP) is 2.30. The molecule has 0 radical (unpaired) electrons. The van der Waals surface area contributed by atoms with Crippen LogP contribution in [0.2, 0.25) is 0 Å². The van der Waals surface area contributed by atoms with Gasteiger partial charge in [-0.25, -0.2) is 0 Å². The highest BCUT2D eigenvalue weighted by Gasteiger charge is 2.16. The van der Waals surface area contributed by atoms with Gasteiger partial charge in [-0.15, -0.1) is 0 Å². The second-order valence-corrected chi connectivity index (χ2v) is 4.84. The maximum atomic E-state index is 12.0. The van der Waals surface area contributed by atoms with Crippen molar-refractivity contribution in [3.63, 3.8) is 0 Å². The molecule has 2 amide bonds. The van der Waals surface area contributed by atoms with Crippen molar-refractivity contribution in [2.75, 3.05) is 18.9 Å². The molecule has 0 aliphatic carbocycles. The highest BCUT2D eigenvalue weighted by Crippen LogP contribution is 2.11. The number of amides is 2. The molecule has 104 valence electrons. The molecule has 0 spiro atoms. The van der Waals surface area contributed by atoms with Crippen molar-refractivity contribution in [2.45, 2.75) is 27.2 Å².